The maximum Gasteiger partial charge on any atom is 0.332 e. The average Bonchev–Trinajstić information content (AvgIpc) is 2.29. The number of carbonyl (C=O) groups excluding carboxylic acids is 3. The normalized spacial score (nSPS) is 9.84. The fraction of sp³-hybridized carbons (Fsp3) is 0.615. The van der Waals surface area contributed by atoms with Crippen molar-refractivity contribution in [2.75, 3.05) is 20.3 Å². The Morgan fingerprint density at radius 3 is 1.95 bits per heavy atom. The second-order valence-electron chi connectivity index (χ2n) is 3.51. The van der Waals surface area contributed by atoms with Crippen molar-refractivity contribution in [3.05, 3.63) is 11.8 Å². The van der Waals surface area contributed by atoms with E-state index in [4.69, 9.17) is 0 Å². The zero-order valence-corrected chi connectivity index (χ0v) is 12.2. The van der Waals surface area contributed by atoms with Crippen molar-refractivity contribution in [3.8, 4) is 0 Å². The zero-order valence-electron chi connectivity index (χ0n) is 12.2. The maximum atomic E-state index is 10.7. The lowest BCUT2D eigenvalue weighted by molar-refractivity contribution is -0.145. The van der Waals surface area contributed by atoms with Gasteiger partial charge in [0.05, 0.1) is 13.2 Å². The van der Waals surface area contributed by atoms with Crippen LogP contribution >= 0.6 is 0 Å². The van der Waals surface area contributed by atoms with Crippen LogP contribution in [0.1, 0.15) is 34.1 Å². The Balaban J connectivity index is 0. The Kier molecular flexibility index (Phi) is 12.9. The molecule has 110 valence electrons. The molecule has 0 atom stereocenters. The van der Waals surface area contributed by atoms with E-state index in [1.807, 2.05) is 0 Å². The van der Waals surface area contributed by atoms with Gasteiger partial charge in [0, 0.05) is 18.8 Å². The van der Waals surface area contributed by atoms with Gasteiger partial charge in [-0.15, -0.1) is 0 Å². The van der Waals surface area contributed by atoms with Crippen molar-refractivity contribution in [3.63, 3.8) is 0 Å². The van der Waals surface area contributed by atoms with Crippen LogP contribution in [0.5, 0.6) is 0 Å². The van der Waals surface area contributed by atoms with E-state index in [2.05, 4.69) is 14.8 Å². The molecule has 19 heavy (non-hydrogen) atoms. The van der Waals surface area contributed by atoms with Crippen molar-refractivity contribution >= 4 is 17.7 Å². The molecule has 0 fully saturated rings. The van der Waals surface area contributed by atoms with Crippen LogP contribution in [0.2, 0.25) is 0 Å². The van der Waals surface area contributed by atoms with Gasteiger partial charge in [-0.1, -0.05) is 0 Å². The number of carbonyl (C=O) groups is 3. The average molecular weight is 273 g/mol. The van der Waals surface area contributed by atoms with Gasteiger partial charge >= 0.3 is 11.9 Å². The van der Waals surface area contributed by atoms with E-state index >= 15 is 0 Å². The number of rotatable bonds is 6. The first kappa shape index (κ1) is 19.5. The van der Waals surface area contributed by atoms with E-state index in [1.165, 1.54) is 13.0 Å². The Labute approximate surface area is 114 Å². The molecule has 0 aromatic carbocycles. The van der Waals surface area contributed by atoms with Crippen LogP contribution in [0, 0.1) is 0 Å². The van der Waals surface area contributed by atoms with Crippen LogP contribution in [0.25, 0.3) is 0 Å². The predicted molar refractivity (Wildman–Crippen MR) is 71.4 cm³/mol. The van der Waals surface area contributed by atoms with Gasteiger partial charge in [-0.3, -0.25) is 9.59 Å². The summed E-state index contributed by atoms with van der Waals surface area (Å²) >= 11 is 0. The predicted octanol–water partition coefficient (Wildman–Crippen LogP) is 1.20. The molecule has 0 aromatic heterocycles. The van der Waals surface area contributed by atoms with Gasteiger partial charge < -0.3 is 14.8 Å². The molecular weight excluding hydrogens is 250 g/mol. The molecule has 0 aliphatic carbocycles. The molecule has 6 nitrogen and oxygen atoms in total. The standard InChI is InChI=1S/C7H13NO2.C6H10O3/c1-4-10-7(9)5-6(2)8-3;1-3-9-6(8)4-5(2)7/h5,8H,4H2,1-3H3;3-4H2,1-2H3. The highest BCUT2D eigenvalue weighted by molar-refractivity contribution is 5.94. The fourth-order valence-corrected chi connectivity index (χ4v) is 0.848. The smallest absolute Gasteiger partial charge is 0.332 e. The van der Waals surface area contributed by atoms with E-state index in [9.17, 15) is 14.4 Å². The number of allylic oxidation sites excluding steroid dienone is 1. The number of Topliss-reactive ketones (excluding diaryl/α,β-unsaturated/α-hetero) is 1. The summed E-state index contributed by atoms with van der Waals surface area (Å²) in [5, 5.41) is 2.81. The largest absolute Gasteiger partial charge is 0.466 e. The van der Waals surface area contributed by atoms with Crippen molar-refractivity contribution in [2.24, 2.45) is 0 Å². The molecule has 0 aliphatic rings. The van der Waals surface area contributed by atoms with E-state index in [0.29, 0.717) is 13.2 Å². The summed E-state index contributed by atoms with van der Waals surface area (Å²) in [6, 6.07) is 0. The van der Waals surface area contributed by atoms with E-state index < -0.39 is 5.97 Å². The SMILES string of the molecule is CCOC(=O)C=C(C)NC.CCOC(=O)CC(C)=O. The highest BCUT2D eigenvalue weighted by Gasteiger charge is 2.03. The van der Waals surface area contributed by atoms with E-state index in [0.717, 1.165) is 5.70 Å². The topological polar surface area (TPSA) is 81.7 Å². The van der Waals surface area contributed by atoms with Crippen LogP contribution in [0.15, 0.2) is 11.8 Å². The summed E-state index contributed by atoms with van der Waals surface area (Å²) in [6.07, 6.45) is 1.32. The van der Waals surface area contributed by atoms with Crippen LogP contribution in [0.3, 0.4) is 0 Å². The molecule has 0 rings (SSSR count). The van der Waals surface area contributed by atoms with Crippen LogP contribution < -0.4 is 5.32 Å². The summed E-state index contributed by atoms with van der Waals surface area (Å²) in [4.78, 5) is 31.3. The van der Waals surface area contributed by atoms with Crippen molar-refractivity contribution in [2.45, 2.75) is 34.1 Å². The highest BCUT2D eigenvalue weighted by Crippen LogP contribution is 1.87. The Morgan fingerprint density at radius 2 is 1.58 bits per heavy atom. The minimum atomic E-state index is -0.440. The molecule has 0 radical (unpaired) electrons. The highest BCUT2D eigenvalue weighted by atomic mass is 16.5. The van der Waals surface area contributed by atoms with E-state index in [-0.39, 0.29) is 18.2 Å². The number of nitrogens with one attached hydrogen (secondary N) is 1. The van der Waals surface area contributed by atoms with Gasteiger partial charge in [0.25, 0.3) is 0 Å². The molecule has 0 saturated carbocycles. The molecule has 0 saturated heterocycles. The van der Waals surface area contributed by atoms with E-state index in [1.54, 1.807) is 27.8 Å². The molecule has 1 N–H and O–H groups in total. The van der Waals surface area contributed by atoms with Gasteiger partial charge in [-0.05, 0) is 27.7 Å². The Morgan fingerprint density at radius 1 is 1.05 bits per heavy atom. The summed E-state index contributed by atoms with van der Waals surface area (Å²) in [6.45, 7) is 7.41. The lowest BCUT2D eigenvalue weighted by atomic mass is 10.3. The van der Waals surface area contributed by atoms with Gasteiger partial charge in [0.15, 0.2) is 0 Å². The molecule has 0 aliphatic heterocycles. The van der Waals surface area contributed by atoms with Crippen molar-refractivity contribution in [1.82, 2.24) is 5.32 Å². The molecular formula is C13H23NO5. The maximum absolute atomic E-state index is 10.7. The van der Waals surface area contributed by atoms with Crippen LogP contribution in [-0.4, -0.2) is 38.0 Å². The Hall–Kier alpha value is -1.85. The summed E-state index contributed by atoms with van der Waals surface area (Å²) in [5.74, 6) is -0.896. The molecule has 0 heterocycles. The molecule has 0 bridgehead atoms. The summed E-state index contributed by atoms with van der Waals surface area (Å²) in [7, 11) is 1.76. The lowest BCUT2D eigenvalue weighted by Gasteiger charge is -1.98. The second kappa shape index (κ2) is 12.6. The fourth-order valence-electron chi connectivity index (χ4n) is 0.848. The van der Waals surface area contributed by atoms with Crippen LogP contribution in [0.4, 0.5) is 0 Å². The first-order chi connectivity index (χ1) is 8.87. The van der Waals surface area contributed by atoms with Crippen molar-refractivity contribution < 1.29 is 23.9 Å². The van der Waals surface area contributed by atoms with Crippen molar-refractivity contribution in [1.29, 1.82) is 0 Å². The zero-order chi connectivity index (χ0) is 15.3. The third kappa shape index (κ3) is 16.1. The third-order valence-electron chi connectivity index (χ3n) is 1.71. The Bertz CT molecular complexity index is 323. The number of esters is 2. The summed E-state index contributed by atoms with van der Waals surface area (Å²) < 4.78 is 9.15. The number of hydrogen-bond donors (Lipinski definition) is 1. The minimum absolute atomic E-state index is 0.103. The number of hydrogen-bond acceptors (Lipinski definition) is 6. The lowest BCUT2D eigenvalue weighted by Crippen LogP contribution is -2.07. The number of ketones is 1. The minimum Gasteiger partial charge on any atom is -0.466 e. The molecule has 6 heteroatoms. The number of ether oxygens (including phenoxy) is 2. The quantitative estimate of drug-likeness (QED) is 0.445. The molecule has 0 amide bonds. The van der Waals surface area contributed by atoms with Gasteiger partial charge in [0.1, 0.15) is 12.2 Å². The van der Waals surface area contributed by atoms with Gasteiger partial charge in [0.2, 0.25) is 0 Å². The van der Waals surface area contributed by atoms with Gasteiger partial charge in [-0.2, -0.15) is 0 Å². The second-order valence-corrected chi connectivity index (χ2v) is 3.51. The monoisotopic (exact) mass is 273 g/mol. The molecule has 0 aromatic rings. The molecule has 0 spiro atoms. The first-order valence-corrected chi connectivity index (χ1v) is 6.05. The van der Waals surface area contributed by atoms with Gasteiger partial charge in [-0.25, -0.2) is 4.79 Å². The first-order valence-electron chi connectivity index (χ1n) is 6.05. The summed E-state index contributed by atoms with van der Waals surface area (Å²) in [5.41, 5.74) is 0.804. The molecule has 0 unspecified atom stereocenters. The van der Waals surface area contributed by atoms with Crippen LogP contribution in [-0.2, 0) is 23.9 Å². The third-order valence-corrected chi connectivity index (χ3v) is 1.71.